The van der Waals surface area contributed by atoms with Crippen molar-refractivity contribution in [3.05, 3.63) is 41.2 Å². The molecule has 11 nitrogen and oxygen atoms in total. The van der Waals surface area contributed by atoms with Gasteiger partial charge in [-0.2, -0.15) is 4.98 Å². The van der Waals surface area contributed by atoms with Crippen molar-refractivity contribution in [1.29, 1.82) is 5.41 Å². The van der Waals surface area contributed by atoms with Crippen LogP contribution in [0, 0.1) is 5.41 Å². The third kappa shape index (κ3) is 5.23. The van der Waals surface area contributed by atoms with E-state index in [0.717, 1.165) is 18.7 Å². The molecular weight excluding hydrogens is 412 g/mol. The molecule has 0 radical (unpaired) electrons. The van der Waals surface area contributed by atoms with Gasteiger partial charge in [-0.15, -0.1) is 5.10 Å². The van der Waals surface area contributed by atoms with E-state index in [1.165, 1.54) is 0 Å². The number of morpholine rings is 1. The van der Waals surface area contributed by atoms with Gasteiger partial charge in [0.2, 0.25) is 5.91 Å². The van der Waals surface area contributed by atoms with Gasteiger partial charge in [0.15, 0.2) is 0 Å². The number of nitrogens with two attached hydrogens (primary N) is 1. The zero-order valence-electron chi connectivity index (χ0n) is 18.2. The largest absolute Gasteiger partial charge is 0.458 e. The lowest BCUT2D eigenvalue weighted by atomic mass is 10.0. The minimum absolute atomic E-state index is 0.0305. The fourth-order valence-corrected chi connectivity index (χ4v) is 4.06. The highest BCUT2D eigenvalue weighted by Gasteiger charge is 2.34. The molecule has 2 aliphatic rings. The SMILES string of the molecule is CC1NCCN(CC(=O)N2CCOCC2)C1c1nc(OCc2ccc(C(=N)N)cc2)n[nH]1. The number of amides is 1. The van der Waals surface area contributed by atoms with Crippen LogP contribution in [0.1, 0.15) is 29.9 Å². The van der Waals surface area contributed by atoms with Gasteiger partial charge in [0, 0.05) is 37.8 Å². The first-order chi connectivity index (χ1) is 15.5. The molecule has 32 heavy (non-hydrogen) atoms. The van der Waals surface area contributed by atoms with Crippen molar-refractivity contribution in [2.24, 2.45) is 5.73 Å². The van der Waals surface area contributed by atoms with Gasteiger partial charge >= 0.3 is 6.01 Å². The summed E-state index contributed by atoms with van der Waals surface area (Å²) in [7, 11) is 0. The van der Waals surface area contributed by atoms with Crippen LogP contribution in [-0.2, 0) is 16.1 Å². The minimum atomic E-state index is -0.117. The normalized spacial score (nSPS) is 22.0. The minimum Gasteiger partial charge on any atom is -0.458 e. The Labute approximate surface area is 186 Å². The van der Waals surface area contributed by atoms with Crippen LogP contribution in [0.3, 0.4) is 0 Å². The molecule has 5 N–H and O–H groups in total. The van der Waals surface area contributed by atoms with Crippen molar-refractivity contribution >= 4 is 11.7 Å². The molecule has 3 heterocycles. The van der Waals surface area contributed by atoms with E-state index in [0.29, 0.717) is 50.8 Å². The van der Waals surface area contributed by atoms with Gasteiger partial charge < -0.3 is 25.4 Å². The molecule has 0 bridgehead atoms. The number of amidine groups is 1. The van der Waals surface area contributed by atoms with Gasteiger partial charge in [-0.05, 0) is 12.5 Å². The maximum atomic E-state index is 12.8. The van der Waals surface area contributed by atoms with Crippen LogP contribution in [-0.4, -0.2) is 88.7 Å². The van der Waals surface area contributed by atoms with Gasteiger partial charge in [-0.3, -0.25) is 20.2 Å². The average Bonchev–Trinajstić information content (AvgIpc) is 3.27. The fourth-order valence-electron chi connectivity index (χ4n) is 4.06. The Balaban J connectivity index is 1.39. The molecule has 2 aromatic rings. The van der Waals surface area contributed by atoms with E-state index < -0.39 is 0 Å². The highest BCUT2D eigenvalue weighted by molar-refractivity contribution is 5.94. The fraction of sp³-hybridized carbons (Fsp3) is 0.524. The number of nitrogen functional groups attached to an aromatic ring is 1. The van der Waals surface area contributed by atoms with E-state index in [9.17, 15) is 4.79 Å². The number of nitrogens with zero attached hydrogens (tertiary/aromatic N) is 4. The molecule has 2 atom stereocenters. The van der Waals surface area contributed by atoms with E-state index in [1.807, 2.05) is 17.0 Å². The van der Waals surface area contributed by atoms with Crippen LogP contribution in [0.15, 0.2) is 24.3 Å². The molecule has 1 amide bonds. The first-order valence-electron chi connectivity index (χ1n) is 10.8. The molecule has 0 aliphatic carbocycles. The molecule has 0 saturated carbocycles. The second-order valence-electron chi connectivity index (χ2n) is 8.05. The third-order valence-corrected chi connectivity index (χ3v) is 5.83. The number of ether oxygens (including phenoxy) is 2. The van der Waals surface area contributed by atoms with Crippen molar-refractivity contribution < 1.29 is 14.3 Å². The van der Waals surface area contributed by atoms with Crippen molar-refractivity contribution in [1.82, 2.24) is 30.3 Å². The van der Waals surface area contributed by atoms with Crippen molar-refractivity contribution in [2.75, 3.05) is 45.9 Å². The number of carbonyl (C=O) groups is 1. The Kier molecular flexibility index (Phi) is 6.98. The van der Waals surface area contributed by atoms with Gasteiger partial charge in [0.25, 0.3) is 0 Å². The zero-order chi connectivity index (χ0) is 22.5. The Hall–Kier alpha value is -3.02. The predicted octanol–water partition coefficient (Wildman–Crippen LogP) is -0.139. The van der Waals surface area contributed by atoms with Crippen LogP contribution >= 0.6 is 0 Å². The molecule has 1 aromatic carbocycles. The van der Waals surface area contributed by atoms with Crippen molar-refractivity contribution in [3.63, 3.8) is 0 Å². The second kappa shape index (κ2) is 10.1. The van der Waals surface area contributed by atoms with E-state index in [1.54, 1.807) is 12.1 Å². The quantitative estimate of drug-likeness (QED) is 0.342. The molecule has 2 fully saturated rings. The molecule has 2 saturated heterocycles. The number of hydrogen-bond donors (Lipinski definition) is 4. The third-order valence-electron chi connectivity index (χ3n) is 5.83. The first kappa shape index (κ1) is 22.2. The Morgan fingerprint density at radius 3 is 2.75 bits per heavy atom. The van der Waals surface area contributed by atoms with Gasteiger partial charge in [-0.1, -0.05) is 24.3 Å². The molecule has 4 rings (SSSR count). The number of aromatic amines is 1. The number of H-pyrrole nitrogens is 1. The summed E-state index contributed by atoms with van der Waals surface area (Å²) < 4.78 is 11.1. The maximum absolute atomic E-state index is 12.8. The summed E-state index contributed by atoms with van der Waals surface area (Å²) in [5.41, 5.74) is 7.08. The zero-order valence-corrected chi connectivity index (χ0v) is 18.2. The number of benzene rings is 1. The standard InChI is InChI=1S/C21H30N8O3/c1-14-18(29(7-6-24-14)12-17(30)28-8-10-31-11-9-28)20-25-21(27-26-20)32-13-15-2-4-16(5-3-15)19(22)23/h2-5,14,18,24H,6-13H2,1H3,(H3,22,23)(H,25,26,27). The number of aromatic nitrogens is 3. The van der Waals surface area contributed by atoms with Gasteiger partial charge in [0.05, 0.1) is 25.8 Å². The first-order valence-corrected chi connectivity index (χ1v) is 10.8. The average molecular weight is 443 g/mol. The van der Waals surface area contributed by atoms with E-state index in [4.69, 9.17) is 20.6 Å². The highest BCUT2D eigenvalue weighted by Crippen LogP contribution is 2.25. The molecule has 2 aliphatic heterocycles. The summed E-state index contributed by atoms with van der Waals surface area (Å²) in [6, 6.07) is 7.52. The summed E-state index contributed by atoms with van der Waals surface area (Å²) in [4.78, 5) is 21.3. The Morgan fingerprint density at radius 2 is 2.03 bits per heavy atom. The van der Waals surface area contributed by atoms with E-state index in [2.05, 4.69) is 32.3 Å². The van der Waals surface area contributed by atoms with Crippen LogP contribution in [0.5, 0.6) is 6.01 Å². The summed E-state index contributed by atoms with van der Waals surface area (Å²) in [6.45, 7) is 6.71. The van der Waals surface area contributed by atoms with Crippen molar-refractivity contribution in [2.45, 2.75) is 25.6 Å². The van der Waals surface area contributed by atoms with Crippen LogP contribution in [0.25, 0.3) is 0 Å². The summed E-state index contributed by atoms with van der Waals surface area (Å²) >= 11 is 0. The summed E-state index contributed by atoms with van der Waals surface area (Å²) in [5, 5.41) is 18.1. The number of rotatable bonds is 7. The lowest BCUT2D eigenvalue weighted by Crippen LogP contribution is -2.55. The topological polar surface area (TPSA) is 145 Å². The molecule has 2 unspecified atom stereocenters. The molecule has 0 spiro atoms. The molecule has 1 aromatic heterocycles. The monoisotopic (exact) mass is 442 g/mol. The number of hydrogen-bond acceptors (Lipinski definition) is 8. The van der Waals surface area contributed by atoms with Gasteiger partial charge in [-0.25, -0.2) is 0 Å². The Bertz CT molecular complexity index is 925. The lowest BCUT2D eigenvalue weighted by Gasteiger charge is -2.40. The number of nitrogens with one attached hydrogen (secondary N) is 3. The maximum Gasteiger partial charge on any atom is 0.335 e. The lowest BCUT2D eigenvalue weighted by molar-refractivity contribution is -0.137. The van der Waals surface area contributed by atoms with E-state index >= 15 is 0 Å². The second-order valence-corrected chi connectivity index (χ2v) is 8.05. The van der Waals surface area contributed by atoms with Crippen LogP contribution in [0.2, 0.25) is 0 Å². The molecule has 172 valence electrons. The van der Waals surface area contributed by atoms with Crippen LogP contribution in [0.4, 0.5) is 0 Å². The molecule has 11 heteroatoms. The Morgan fingerprint density at radius 1 is 1.28 bits per heavy atom. The van der Waals surface area contributed by atoms with Gasteiger partial charge in [0.1, 0.15) is 18.3 Å². The van der Waals surface area contributed by atoms with Crippen LogP contribution < -0.4 is 15.8 Å². The highest BCUT2D eigenvalue weighted by atomic mass is 16.5. The van der Waals surface area contributed by atoms with Crippen molar-refractivity contribution in [3.8, 4) is 6.01 Å². The molecular formula is C21H30N8O3. The summed E-state index contributed by atoms with van der Waals surface area (Å²) in [5.74, 6) is 0.807. The van der Waals surface area contributed by atoms with E-state index in [-0.39, 0.29) is 29.8 Å². The summed E-state index contributed by atoms with van der Waals surface area (Å²) in [6.07, 6.45) is 0. The number of carbonyl (C=O) groups excluding carboxylic acids is 1. The smallest absolute Gasteiger partial charge is 0.335 e. The number of piperazine rings is 1. The predicted molar refractivity (Wildman–Crippen MR) is 117 cm³/mol.